The van der Waals surface area contributed by atoms with Crippen molar-refractivity contribution in [1.29, 1.82) is 0 Å². The molecule has 0 amide bonds. The van der Waals surface area contributed by atoms with Crippen LogP contribution in [0.2, 0.25) is 0 Å². The Labute approximate surface area is 120 Å². The maximum absolute atomic E-state index is 5.95. The molecule has 2 fully saturated rings. The number of piperazine rings is 1. The van der Waals surface area contributed by atoms with E-state index < -0.39 is 0 Å². The van der Waals surface area contributed by atoms with Crippen molar-refractivity contribution >= 4 is 0 Å². The van der Waals surface area contributed by atoms with E-state index >= 15 is 0 Å². The van der Waals surface area contributed by atoms with E-state index in [0.717, 1.165) is 57.0 Å². The highest BCUT2D eigenvalue weighted by Crippen LogP contribution is 2.32. The number of rotatable bonds is 3. The Morgan fingerprint density at radius 2 is 2.15 bits per heavy atom. The van der Waals surface area contributed by atoms with E-state index in [1.807, 2.05) is 0 Å². The minimum absolute atomic E-state index is 0.300. The number of nitrogens with two attached hydrogens (primary N) is 1. The normalized spacial score (nSPS) is 32.9. The topological polar surface area (TPSA) is 71.4 Å². The van der Waals surface area contributed by atoms with Crippen LogP contribution in [0.1, 0.15) is 36.9 Å². The quantitative estimate of drug-likeness (QED) is 0.866. The molecule has 0 bridgehead atoms. The molecule has 2 heterocycles. The summed E-state index contributed by atoms with van der Waals surface area (Å²) in [6.45, 7) is 3.29. The Kier molecular flexibility index (Phi) is 4.05. The average molecular weight is 279 g/mol. The van der Waals surface area contributed by atoms with Crippen molar-refractivity contribution in [1.82, 2.24) is 19.9 Å². The van der Waals surface area contributed by atoms with Crippen molar-refractivity contribution in [3.05, 3.63) is 11.7 Å². The number of hydrogen-bond acceptors (Lipinski definition) is 6. The van der Waals surface area contributed by atoms with E-state index in [0.29, 0.717) is 18.0 Å². The molecule has 0 radical (unpaired) electrons. The molecule has 2 aliphatic rings. The van der Waals surface area contributed by atoms with Crippen LogP contribution in [0.5, 0.6) is 0 Å². The van der Waals surface area contributed by atoms with Crippen molar-refractivity contribution in [2.45, 2.75) is 43.7 Å². The highest BCUT2D eigenvalue weighted by Gasteiger charge is 2.29. The molecule has 6 nitrogen and oxygen atoms in total. The summed E-state index contributed by atoms with van der Waals surface area (Å²) in [5.41, 5.74) is 5.95. The average Bonchev–Trinajstić information content (AvgIpc) is 3.03. The molecule has 0 spiro atoms. The Hall–Kier alpha value is -0.980. The van der Waals surface area contributed by atoms with Gasteiger partial charge in [-0.15, -0.1) is 0 Å². The largest absolute Gasteiger partial charge is 0.339 e. The van der Waals surface area contributed by atoms with Gasteiger partial charge in [0.1, 0.15) is 0 Å². The summed E-state index contributed by atoms with van der Waals surface area (Å²) in [4.78, 5) is 9.35. The molecule has 1 aromatic rings. The first kappa shape index (κ1) is 14.0. The molecule has 3 unspecified atom stereocenters. The zero-order valence-corrected chi connectivity index (χ0v) is 12.5. The molecule has 0 aromatic carbocycles. The minimum Gasteiger partial charge on any atom is -0.339 e. The molecule has 2 N–H and O–H groups in total. The monoisotopic (exact) mass is 279 g/mol. The van der Waals surface area contributed by atoms with E-state index in [4.69, 9.17) is 10.3 Å². The van der Waals surface area contributed by atoms with Gasteiger partial charge < -0.3 is 20.1 Å². The third-order valence-corrected chi connectivity index (χ3v) is 4.70. The first-order valence-corrected chi connectivity index (χ1v) is 7.58. The van der Waals surface area contributed by atoms with Crippen LogP contribution in [0.3, 0.4) is 0 Å². The van der Waals surface area contributed by atoms with Crippen molar-refractivity contribution in [2.75, 3.05) is 33.7 Å². The van der Waals surface area contributed by atoms with Gasteiger partial charge in [-0.1, -0.05) is 5.16 Å². The van der Waals surface area contributed by atoms with Crippen LogP contribution in [0.4, 0.5) is 0 Å². The molecule has 1 aliphatic heterocycles. The van der Waals surface area contributed by atoms with Crippen molar-refractivity contribution in [2.24, 2.45) is 5.73 Å². The summed E-state index contributed by atoms with van der Waals surface area (Å²) in [6, 6.07) is 0.776. The molecule has 1 aliphatic carbocycles. The highest BCUT2D eigenvalue weighted by molar-refractivity contribution is 5.00. The van der Waals surface area contributed by atoms with E-state index in [1.165, 1.54) is 0 Å². The molecule has 3 rings (SSSR count). The van der Waals surface area contributed by atoms with Gasteiger partial charge in [0.05, 0.1) is 0 Å². The lowest BCUT2D eigenvalue weighted by atomic mass is 10.1. The number of nitrogens with zero attached hydrogens (tertiary/aromatic N) is 4. The SMILES string of the molecule is CN1CCN(C)C(Cc2noc(C3CCC(N)C3)n2)C1. The molecule has 112 valence electrons. The van der Waals surface area contributed by atoms with Gasteiger partial charge in [0.25, 0.3) is 0 Å². The fraction of sp³-hybridized carbons (Fsp3) is 0.857. The third-order valence-electron chi connectivity index (χ3n) is 4.70. The second-order valence-electron chi connectivity index (χ2n) is 6.42. The van der Waals surface area contributed by atoms with Crippen molar-refractivity contribution in [3.8, 4) is 0 Å². The molecular weight excluding hydrogens is 254 g/mol. The number of aromatic nitrogens is 2. The molecule has 1 saturated heterocycles. The first-order chi connectivity index (χ1) is 9.61. The molecular formula is C14H25N5O. The van der Waals surface area contributed by atoms with Crippen LogP contribution >= 0.6 is 0 Å². The second kappa shape index (κ2) is 5.79. The van der Waals surface area contributed by atoms with Crippen molar-refractivity contribution < 1.29 is 4.52 Å². The van der Waals surface area contributed by atoms with Crippen molar-refractivity contribution in [3.63, 3.8) is 0 Å². The predicted octanol–water partition coefficient (Wildman–Crippen LogP) is 0.453. The van der Waals surface area contributed by atoms with Crippen LogP contribution in [0, 0.1) is 0 Å². The predicted molar refractivity (Wildman–Crippen MR) is 76.5 cm³/mol. The summed E-state index contributed by atoms with van der Waals surface area (Å²) in [6.07, 6.45) is 3.99. The zero-order valence-electron chi connectivity index (χ0n) is 12.5. The molecule has 1 saturated carbocycles. The first-order valence-electron chi connectivity index (χ1n) is 7.58. The lowest BCUT2D eigenvalue weighted by Gasteiger charge is -2.37. The summed E-state index contributed by atoms with van der Waals surface area (Å²) in [5.74, 6) is 2.00. The fourth-order valence-electron chi connectivity index (χ4n) is 3.29. The minimum atomic E-state index is 0.300. The Morgan fingerprint density at radius 1 is 1.30 bits per heavy atom. The van der Waals surface area contributed by atoms with E-state index in [-0.39, 0.29) is 0 Å². The van der Waals surface area contributed by atoms with Gasteiger partial charge in [0, 0.05) is 44.1 Å². The maximum Gasteiger partial charge on any atom is 0.229 e. The zero-order chi connectivity index (χ0) is 14.1. The summed E-state index contributed by atoms with van der Waals surface area (Å²) in [7, 11) is 4.34. The smallest absolute Gasteiger partial charge is 0.229 e. The van der Waals surface area contributed by atoms with Gasteiger partial charge in [-0.2, -0.15) is 4.98 Å². The Balaban J connectivity index is 1.62. The van der Waals surface area contributed by atoms with Crippen LogP contribution in [-0.4, -0.2) is 65.8 Å². The molecule has 1 aromatic heterocycles. The van der Waals surface area contributed by atoms with E-state index in [1.54, 1.807) is 0 Å². The fourth-order valence-corrected chi connectivity index (χ4v) is 3.29. The number of likely N-dealkylation sites (N-methyl/N-ethyl adjacent to an activating group) is 2. The van der Waals surface area contributed by atoms with Gasteiger partial charge in [0.2, 0.25) is 5.89 Å². The van der Waals surface area contributed by atoms with Crippen LogP contribution in [-0.2, 0) is 6.42 Å². The molecule has 20 heavy (non-hydrogen) atoms. The Morgan fingerprint density at radius 3 is 2.90 bits per heavy atom. The lowest BCUT2D eigenvalue weighted by molar-refractivity contribution is 0.113. The van der Waals surface area contributed by atoms with Crippen LogP contribution < -0.4 is 5.73 Å². The van der Waals surface area contributed by atoms with E-state index in [9.17, 15) is 0 Å². The maximum atomic E-state index is 5.95. The summed E-state index contributed by atoms with van der Waals surface area (Å²) in [5, 5.41) is 4.17. The van der Waals surface area contributed by atoms with E-state index in [2.05, 4.69) is 34.0 Å². The van der Waals surface area contributed by atoms with Gasteiger partial charge in [-0.25, -0.2) is 0 Å². The van der Waals surface area contributed by atoms with Gasteiger partial charge in [-0.05, 0) is 33.4 Å². The van der Waals surface area contributed by atoms with Gasteiger partial charge >= 0.3 is 0 Å². The molecule has 3 atom stereocenters. The number of hydrogen-bond donors (Lipinski definition) is 1. The van der Waals surface area contributed by atoms with Gasteiger partial charge in [-0.3, -0.25) is 0 Å². The summed E-state index contributed by atoms with van der Waals surface area (Å²) >= 11 is 0. The standard InChI is InChI=1S/C14H25N5O/c1-18-5-6-19(2)12(9-18)8-13-16-14(20-17-13)10-3-4-11(15)7-10/h10-12H,3-9,15H2,1-2H3. The van der Waals surface area contributed by atoms with Crippen LogP contribution in [0.25, 0.3) is 0 Å². The lowest BCUT2D eigenvalue weighted by Crippen LogP contribution is -2.50. The summed E-state index contributed by atoms with van der Waals surface area (Å²) < 4.78 is 5.45. The second-order valence-corrected chi connectivity index (χ2v) is 6.42. The van der Waals surface area contributed by atoms with Gasteiger partial charge in [0.15, 0.2) is 5.82 Å². The van der Waals surface area contributed by atoms with Crippen LogP contribution in [0.15, 0.2) is 4.52 Å². The third kappa shape index (κ3) is 3.02. The molecule has 6 heteroatoms. The highest BCUT2D eigenvalue weighted by atomic mass is 16.5. The Bertz CT molecular complexity index is 449.